The van der Waals surface area contributed by atoms with Crippen LogP contribution in [-0.2, 0) is 29.0 Å². The van der Waals surface area contributed by atoms with E-state index in [9.17, 15) is 14.7 Å². The van der Waals surface area contributed by atoms with Crippen LogP contribution in [0.3, 0.4) is 0 Å². The van der Waals surface area contributed by atoms with E-state index >= 15 is 0 Å². The van der Waals surface area contributed by atoms with E-state index in [0.29, 0.717) is 19.4 Å². The molecule has 5 aromatic rings. The second-order valence-electron chi connectivity index (χ2n) is 11.4. The van der Waals surface area contributed by atoms with E-state index < -0.39 is 12.0 Å². The summed E-state index contributed by atoms with van der Waals surface area (Å²) >= 11 is 0. The summed E-state index contributed by atoms with van der Waals surface area (Å²) in [6.45, 7) is 2.33. The fourth-order valence-electron chi connectivity index (χ4n) is 5.92. The number of methoxy groups -OCH3 is 1. The Hall–Kier alpha value is -4.66. The minimum atomic E-state index is -0.880. The molecule has 228 valence electrons. The van der Waals surface area contributed by atoms with Crippen LogP contribution in [0.25, 0.3) is 21.7 Å². The normalized spacial score (nSPS) is 13.4. The molecule has 0 saturated carbocycles. The van der Waals surface area contributed by atoms with Crippen LogP contribution in [0.1, 0.15) is 30.0 Å². The zero-order valence-electron chi connectivity index (χ0n) is 25.4. The molecule has 44 heavy (non-hydrogen) atoms. The predicted molar refractivity (Wildman–Crippen MR) is 175 cm³/mol. The van der Waals surface area contributed by atoms with E-state index in [1.165, 1.54) is 0 Å². The van der Waals surface area contributed by atoms with Gasteiger partial charge in [0.1, 0.15) is 5.75 Å². The summed E-state index contributed by atoms with van der Waals surface area (Å²) in [6, 6.07) is 29.2. The summed E-state index contributed by atoms with van der Waals surface area (Å²) in [4.78, 5) is 30.8. The van der Waals surface area contributed by atoms with E-state index in [0.717, 1.165) is 44.1 Å². The average Bonchev–Trinajstić information content (AvgIpc) is 3.42. The number of ether oxygens (including phenoxy) is 1. The Balaban J connectivity index is 1.35. The molecule has 8 heteroatoms. The van der Waals surface area contributed by atoms with Crippen LogP contribution < -0.4 is 15.4 Å². The Labute approximate surface area is 258 Å². The number of nitrogens with one attached hydrogen (secondary N) is 3. The van der Waals surface area contributed by atoms with Crippen molar-refractivity contribution < 1.29 is 19.4 Å². The van der Waals surface area contributed by atoms with Gasteiger partial charge < -0.3 is 19.7 Å². The highest BCUT2D eigenvalue weighted by Gasteiger charge is 2.26. The molecule has 2 unspecified atom stereocenters. The van der Waals surface area contributed by atoms with Crippen LogP contribution in [0.15, 0.2) is 97.2 Å². The summed E-state index contributed by atoms with van der Waals surface area (Å²) in [6.07, 6.45) is 2.54. The SMILES string of the molecule is COc1ccccc1CN(C)C(=O)C(Cc1ccc2ccccc2c1)NC(C)N[C@H](CC(=O)O)Cc1c[nH]c2ccccc12. The van der Waals surface area contributed by atoms with Crippen molar-refractivity contribution in [3.05, 3.63) is 114 Å². The van der Waals surface area contributed by atoms with Gasteiger partial charge in [0.05, 0.1) is 25.7 Å². The second kappa shape index (κ2) is 14.2. The van der Waals surface area contributed by atoms with Crippen molar-refractivity contribution in [3.63, 3.8) is 0 Å². The summed E-state index contributed by atoms with van der Waals surface area (Å²) in [5.74, 6) is -0.214. The number of carbonyl (C=O) groups excluding carboxylic acids is 1. The highest BCUT2D eigenvalue weighted by atomic mass is 16.5. The van der Waals surface area contributed by atoms with E-state index in [2.05, 4.69) is 45.9 Å². The molecule has 4 aromatic carbocycles. The van der Waals surface area contributed by atoms with Gasteiger partial charge in [0.25, 0.3) is 0 Å². The second-order valence-corrected chi connectivity index (χ2v) is 11.4. The van der Waals surface area contributed by atoms with Crippen LogP contribution in [0.2, 0.25) is 0 Å². The number of carboxylic acid groups (broad SMARTS) is 1. The molecule has 0 spiro atoms. The number of rotatable bonds is 14. The fraction of sp³-hybridized carbons (Fsp3) is 0.278. The van der Waals surface area contributed by atoms with Gasteiger partial charge in [-0.05, 0) is 53.8 Å². The Morgan fingerprint density at radius 1 is 0.886 bits per heavy atom. The molecule has 0 fully saturated rings. The van der Waals surface area contributed by atoms with Crippen molar-refractivity contribution in [2.75, 3.05) is 14.2 Å². The number of benzene rings is 4. The van der Waals surface area contributed by atoms with Gasteiger partial charge in [-0.15, -0.1) is 0 Å². The number of H-pyrrole nitrogens is 1. The van der Waals surface area contributed by atoms with Gasteiger partial charge in [0, 0.05) is 42.3 Å². The maximum Gasteiger partial charge on any atom is 0.304 e. The van der Waals surface area contributed by atoms with Crippen LogP contribution in [0.4, 0.5) is 0 Å². The van der Waals surface area contributed by atoms with Crippen molar-refractivity contribution in [1.29, 1.82) is 0 Å². The van der Waals surface area contributed by atoms with Gasteiger partial charge in [0.15, 0.2) is 0 Å². The standard InChI is InChI=1S/C36H40N4O4/c1-24(38-30(21-35(41)42)20-29-22-37-32-14-8-7-13-31(29)32)39-33(19-25-16-17-26-10-4-5-11-27(26)18-25)36(43)40(2)23-28-12-6-9-15-34(28)44-3/h4-18,22,24,30,33,37-39H,19-21,23H2,1-3H3,(H,41,42)/t24?,30-,33?/m0/s1. The number of carbonyl (C=O) groups is 2. The maximum atomic E-state index is 14.0. The summed E-state index contributed by atoms with van der Waals surface area (Å²) in [7, 11) is 3.42. The van der Waals surface area contributed by atoms with Gasteiger partial charge in [0.2, 0.25) is 5.91 Å². The number of aromatic nitrogens is 1. The molecule has 0 radical (unpaired) electrons. The van der Waals surface area contributed by atoms with Crippen molar-refractivity contribution >= 4 is 33.6 Å². The van der Waals surface area contributed by atoms with Gasteiger partial charge in [-0.2, -0.15) is 0 Å². The number of aromatic amines is 1. The third-order valence-corrected chi connectivity index (χ3v) is 8.03. The number of amides is 1. The minimum absolute atomic E-state index is 0.0531. The molecule has 0 aliphatic heterocycles. The highest BCUT2D eigenvalue weighted by molar-refractivity contribution is 5.85. The third kappa shape index (κ3) is 7.64. The zero-order valence-corrected chi connectivity index (χ0v) is 25.4. The van der Waals surface area contributed by atoms with Gasteiger partial charge in [-0.25, -0.2) is 0 Å². The average molecular weight is 593 g/mol. The molecule has 4 N–H and O–H groups in total. The van der Waals surface area contributed by atoms with E-state index in [1.807, 2.05) is 73.8 Å². The summed E-state index contributed by atoms with van der Waals surface area (Å²) < 4.78 is 5.52. The van der Waals surface area contributed by atoms with E-state index in [-0.39, 0.29) is 24.5 Å². The number of fused-ring (bicyclic) bond motifs is 2. The topological polar surface area (TPSA) is 107 Å². The Morgan fingerprint density at radius 2 is 1.61 bits per heavy atom. The Kier molecular flexibility index (Phi) is 9.94. The van der Waals surface area contributed by atoms with Gasteiger partial charge >= 0.3 is 5.97 Å². The summed E-state index contributed by atoms with van der Waals surface area (Å²) in [5, 5.41) is 20.0. The molecular weight excluding hydrogens is 552 g/mol. The maximum absolute atomic E-state index is 14.0. The van der Waals surface area contributed by atoms with Crippen molar-refractivity contribution in [2.24, 2.45) is 0 Å². The number of likely N-dealkylation sites (N-methyl/N-ethyl adjacent to an activating group) is 1. The molecule has 0 aliphatic carbocycles. The van der Waals surface area contributed by atoms with Crippen LogP contribution in [-0.4, -0.2) is 59.3 Å². The smallest absolute Gasteiger partial charge is 0.304 e. The number of hydrogen-bond donors (Lipinski definition) is 4. The van der Waals surface area contributed by atoms with Crippen LogP contribution in [0, 0.1) is 0 Å². The number of aliphatic carboxylic acids is 1. The first kappa shape index (κ1) is 30.8. The third-order valence-electron chi connectivity index (χ3n) is 8.03. The Morgan fingerprint density at radius 3 is 2.41 bits per heavy atom. The largest absolute Gasteiger partial charge is 0.496 e. The Bertz CT molecular complexity index is 1730. The molecule has 0 aliphatic rings. The van der Waals surface area contributed by atoms with Crippen molar-refractivity contribution in [2.45, 2.75) is 51.0 Å². The zero-order chi connectivity index (χ0) is 31.1. The lowest BCUT2D eigenvalue weighted by atomic mass is 10.00. The van der Waals surface area contributed by atoms with E-state index in [4.69, 9.17) is 4.74 Å². The first-order chi connectivity index (χ1) is 21.3. The lowest BCUT2D eigenvalue weighted by molar-refractivity contribution is -0.138. The fourth-order valence-corrected chi connectivity index (χ4v) is 5.92. The monoisotopic (exact) mass is 592 g/mol. The number of hydrogen-bond acceptors (Lipinski definition) is 5. The summed E-state index contributed by atoms with van der Waals surface area (Å²) in [5.41, 5.74) is 4.02. The molecule has 1 heterocycles. The van der Waals surface area contributed by atoms with Gasteiger partial charge in [-0.3, -0.25) is 20.2 Å². The lowest BCUT2D eigenvalue weighted by Crippen LogP contribution is -2.55. The molecule has 0 saturated heterocycles. The first-order valence-electron chi connectivity index (χ1n) is 14.9. The van der Waals surface area contributed by atoms with Crippen LogP contribution in [0.5, 0.6) is 5.75 Å². The minimum Gasteiger partial charge on any atom is -0.496 e. The molecule has 5 rings (SSSR count). The lowest BCUT2D eigenvalue weighted by Gasteiger charge is -2.30. The molecular formula is C36H40N4O4. The molecule has 1 amide bonds. The molecule has 1 aromatic heterocycles. The van der Waals surface area contributed by atoms with Crippen molar-refractivity contribution in [3.8, 4) is 5.75 Å². The predicted octanol–water partition coefficient (Wildman–Crippen LogP) is 5.51. The van der Waals surface area contributed by atoms with E-state index in [1.54, 1.807) is 19.1 Å². The first-order valence-corrected chi connectivity index (χ1v) is 14.9. The quantitative estimate of drug-likeness (QED) is 0.127. The van der Waals surface area contributed by atoms with Crippen molar-refractivity contribution in [1.82, 2.24) is 20.5 Å². The molecule has 3 atom stereocenters. The number of nitrogens with zero attached hydrogens (tertiary/aromatic N) is 1. The number of carboxylic acids is 1. The molecule has 0 bridgehead atoms. The highest BCUT2D eigenvalue weighted by Crippen LogP contribution is 2.22. The molecule has 8 nitrogen and oxygen atoms in total. The van der Waals surface area contributed by atoms with Gasteiger partial charge in [-0.1, -0.05) is 78.9 Å². The number of para-hydroxylation sites is 2. The van der Waals surface area contributed by atoms with Crippen LogP contribution >= 0.6 is 0 Å².